The van der Waals surface area contributed by atoms with Gasteiger partial charge in [0, 0.05) is 37.9 Å². The Balaban J connectivity index is 1.33. The van der Waals surface area contributed by atoms with Crippen LogP contribution in [0.15, 0.2) is 6.20 Å². The highest BCUT2D eigenvalue weighted by Crippen LogP contribution is 2.62. The minimum atomic E-state index is -1.40. The van der Waals surface area contributed by atoms with E-state index in [-0.39, 0.29) is 18.2 Å². The number of carbonyl (C=O) groups excluding carboxylic acids is 1. The van der Waals surface area contributed by atoms with Crippen LogP contribution in [-0.2, 0) is 12.8 Å². The number of hydrogen-bond donors (Lipinski definition) is 2. The zero-order valence-corrected chi connectivity index (χ0v) is 17.2. The molecule has 0 aromatic carbocycles. The van der Waals surface area contributed by atoms with Gasteiger partial charge in [-0.05, 0) is 62.0 Å². The van der Waals surface area contributed by atoms with E-state index in [0.717, 1.165) is 48.9 Å². The second-order valence-electron chi connectivity index (χ2n) is 10.8. The summed E-state index contributed by atoms with van der Waals surface area (Å²) in [6, 6.07) is 0. The minimum absolute atomic E-state index is 0.0470. The first-order valence-electron chi connectivity index (χ1n) is 11.4. The highest BCUT2D eigenvalue weighted by Gasteiger charge is 2.65. The molecular weight excluding hydrogens is 388 g/mol. The van der Waals surface area contributed by atoms with Crippen LogP contribution in [0.2, 0.25) is 0 Å². The Kier molecular flexibility index (Phi) is 3.89. The number of nitrogens with one attached hydrogen (secondary N) is 1. The van der Waals surface area contributed by atoms with Crippen molar-refractivity contribution in [2.24, 2.45) is 5.92 Å². The van der Waals surface area contributed by atoms with Crippen LogP contribution in [0.5, 0.6) is 0 Å². The largest absolute Gasteiger partial charge is 0.389 e. The molecule has 7 heteroatoms. The number of alkyl halides is 2. The lowest BCUT2D eigenvalue weighted by atomic mass is 9.50. The van der Waals surface area contributed by atoms with E-state index in [0.29, 0.717) is 44.5 Å². The highest BCUT2D eigenvalue weighted by molar-refractivity contribution is 5.95. The smallest absolute Gasteiger partial charge is 0.272 e. The molecule has 4 bridgehead atoms. The standard InChI is InChI=1S/C23H29F2N3O2/c24-21-5-14-6-22(25,11-21)13-23(7-14,12-21)27-18-8-26-19(17-4-2-1-3-16(17)18)20(30)28-9-15(29)10-28/h8,14-15,27,29H,1-7,9-13H2. The molecule has 0 spiro atoms. The number of β-amino-alcohol motifs (C(OH)–C–C–N with tert-alkyl or cyclic N) is 1. The predicted octanol–water partition coefficient (Wildman–Crippen LogP) is 3.34. The fraction of sp³-hybridized carbons (Fsp3) is 0.739. The van der Waals surface area contributed by atoms with Crippen molar-refractivity contribution in [2.45, 2.75) is 87.2 Å². The third-order valence-corrected chi connectivity index (χ3v) is 8.09. The number of aliphatic hydroxyl groups excluding tert-OH is 1. The van der Waals surface area contributed by atoms with Crippen molar-refractivity contribution in [1.29, 1.82) is 0 Å². The Bertz CT molecular complexity index is 898. The molecule has 2 heterocycles. The van der Waals surface area contributed by atoms with Crippen LogP contribution in [-0.4, -0.2) is 57.0 Å². The molecule has 2 unspecified atom stereocenters. The molecule has 4 saturated carbocycles. The van der Waals surface area contributed by atoms with Gasteiger partial charge >= 0.3 is 0 Å². The van der Waals surface area contributed by atoms with E-state index in [4.69, 9.17) is 0 Å². The Labute approximate surface area is 175 Å². The molecule has 2 N–H and O–H groups in total. The van der Waals surface area contributed by atoms with E-state index >= 15 is 8.78 Å². The molecule has 6 aliphatic rings. The van der Waals surface area contributed by atoms with Gasteiger partial charge in [-0.3, -0.25) is 4.79 Å². The first-order chi connectivity index (χ1) is 14.3. The van der Waals surface area contributed by atoms with Crippen molar-refractivity contribution in [3.05, 3.63) is 23.0 Å². The number of hydrogen-bond acceptors (Lipinski definition) is 4. The summed E-state index contributed by atoms with van der Waals surface area (Å²) in [5, 5.41) is 13.1. The molecule has 2 atom stereocenters. The zero-order valence-electron chi connectivity index (χ0n) is 17.2. The van der Waals surface area contributed by atoms with E-state index in [9.17, 15) is 9.90 Å². The summed E-state index contributed by atoms with van der Waals surface area (Å²) >= 11 is 0. The topological polar surface area (TPSA) is 65.5 Å². The molecule has 5 nitrogen and oxygen atoms in total. The summed E-state index contributed by atoms with van der Waals surface area (Å²) in [6.07, 6.45) is 7.54. The first-order valence-corrected chi connectivity index (χ1v) is 11.4. The fourth-order valence-electron chi connectivity index (χ4n) is 7.44. The van der Waals surface area contributed by atoms with Crippen LogP contribution in [0, 0.1) is 5.92 Å². The number of anilines is 1. The number of halogens is 2. The number of amides is 1. The average molecular weight is 418 g/mol. The van der Waals surface area contributed by atoms with Gasteiger partial charge in [0.25, 0.3) is 5.91 Å². The third kappa shape index (κ3) is 2.88. The van der Waals surface area contributed by atoms with Gasteiger partial charge in [-0.2, -0.15) is 0 Å². The van der Waals surface area contributed by atoms with Crippen LogP contribution in [0.25, 0.3) is 0 Å². The van der Waals surface area contributed by atoms with E-state index in [1.165, 1.54) is 0 Å². The summed E-state index contributed by atoms with van der Waals surface area (Å²) in [7, 11) is 0. The Morgan fingerprint density at radius 3 is 2.37 bits per heavy atom. The number of aliphatic hydroxyl groups is 1. The Morgan fingerprint density at radius 1 is 1.07 bits per heavy atom. The molecule has 1 aromatic heterocycles. The molecule has 30 heavy (non-hydrogen) atoms. The normalized spacial score (nSPS) is 39.6. The predicted molar refractivity (Wildman–Crippen MR) is 108 cm³/mol. The number of pyridine rings is 1. The van der Waals surface area contributed by atoms with Crippen molar-refractivity contribution in [3.63, 3.8) is 0 Å². The lowest BCUT2D eigenvalue weighted by molar-refractivity contribution is -0.137. The maximum atomic E-state index is 15.4. The van der Waals surface area contributed by atoms with Crippen molar-refractivity contribution in [1.82, 2.24) is 9.88 Å². The molecule has 7 rings (SSSR count). The van der Waals surface area contributed by atoms with Gasteiger partial charge in [-0.25, -0.2) is 13.8 Å². The van der Waals surface area contributed by atoms with E-state index in [1.807, 2.05) is 0 Å². The maximum Gasteiger partial charge on any atom is 0.272 e. The second kappa shape index (κ2) is 6.15. The van der Waals surface area contributed by atoms with Gasteiger partial charge in [0.05, 0.1) is 18.0 Å². The average Bonchev–Trinajstić information content (AvgIpc) is 2.62. The van der Waals surface area contributed by atoms with Gasteiger partial charge in [0.1, 0.15) is 17.0 Å². The molecule has 162 valence electrons. The monoisotopic (exact) mass is 417 g/mol. The Hall–Kier alpha value is -1.76. The summed E-state index contributed by atoms with van der Waals surface area (Å²) in [4.78, 5) is 19.0. The van der Waals surface area contributed by atoms with Gasteiger partial charge in [-0.15, -0.1) is 0 Å². The van der Waals surface area contributed by atoms with Gasteiger partial charge in [0.15, 0.2) is 0 Å². The molecule has 0 radical (unpaired) electrons. The number of carbonyl (C=O) groups is 1. The van der Waals surface area contributed by atoms with Gasteiger partial charge in [-0.1, -0.05) is 0 Å². The first kappa shape index (κ1) is 19.0. The van der Waals surface area contributed by atoms with E-state index in [1.54, 1.807) is 11.1 Å². The van der Waals surface area contributed by atoms with Crippen molar-refractivity contribution < 1.29 is 18.7 Å². The van der Waals surface area contributed by atoms with Gasteiger partial charge in [0.2, 0.25) is 0 Å². The second-order valence-corrected chi connectivity index (χ2v) is 10.8. The number of nitrogens with zero attached hydrogens (tertiary/aromatic N) is 2. The SMILES string of the molecule is O=C(c1ncc(NC23CC4CC(F)(CC(F)(C4)C2)C3)c2c1CCCC2)N1CC(O)C1. The third-order valence-electron chi connectivity index (χ3n) is 8.09. The van der Waals surface area contributed by atoms with Crippen LogP contribution >= 0.6 is 0 Å². The Morgan fingerprint density at radius 2 is 1.73 bits per heavy atom. The molecule has 1 saturated heterocycles. The van der Waals surface area contributed by atoms with Gasteiger partial charge < -0.3 is 15.3 Å². The molecule has 1 aliphatic heterocycles. The summed E-state index contributed by atoms with van der Waals surface area (Å²) in [5.74, 6) is -0.0172. The van der Waals surface area contributed by atoms with Crippen LogP contribution in [0.4, 0.5) is 14.5 Å². The van der Waals surface area contributed by atoms with Crippen LogP contribution in [0.3, 0.4) is 0 Å². The lowest BCUT2D eigenvalue weighted by Gasteiger charge is -2.61. The molecule has 1 amide bonds. The number of likely N-dealkylation sites (tertiary alicyclic amines) is 1. The van der Waals surface area contributed by atoms with E-state index in [2.05, 4.69) is 10.3 Å². The summed E-state index contributed by atoms with van der Waals surface area (Å²) in [5.41, 5.74) is 0.0644. The molecule has 5 fully saturated rings. The summed E-state index contributed by atoms with van der Waals surface area (Å²) in [6.45, 7) is 0.716. The molecule has 1 aromatic rings. The molecular formula is C23H29F2N3O2. The van der Waals surface area contributed by atoms with Crippen molar-refractivity contribution in [2.75, 3.05) is 18.4 Å². The van der Waals surface area contributed by atoms with Crippen LogP contribution in [0.1, 0.15) is 73.0 Å². The quantitative estimate of drug-likeness (QED) is 0.792. The maximum absolute atomic E-state index is 15.4. The molecule has 5 aliphatic carbocycles. The van der Waals surface area contributed by atoms with Crippen LogP contribution < -0.4 is 5.32 Å². The lowest BCUT2D eigenvalue weighted by Crippen LogP contribution is -2.65. The van der Waals surface area contributed by atoms with E-state index < -0.39 is 23.0 Å². The van der Waals surface area contributed by atoms with Crippen molar-refractivity contribution >= 4 is 11.6 Å². The number of rotatable bonds is 3. The highest BCUT2D eigenvalue weighted by atomic mass is 19.2. The fourth-order valence-corrected chi connectivity index (χ4v) is 7.44. The number of fused-ring (bicyclic) bond motifs is 1. The summed E-state index contributed by atoms with van der Waals surface area (Å²) < 4.78 is 30.8. The number of aromatic nitrogens is 1. The minimum Gasteiger partial charge on any atom is -0.389 e. The van der Waals surface area contributed by atoms with Crippen molar-refractivity contribution in [3.8, 4) is 0 Å². The zero-order chi connectivity index (χ0) is 20.7.